The number of fused-ring (bicyclic) bond motifs is 10. The number of aliphatic hydroxyl groups is 7. The highest BCUT2D eigenvalue weighted by atomic mass is 35.5. The number of ether oxygens (including phenoxy) is 4. The number of hydrogen-bond acceptors (Lipinski definition) is 17. The van der Waals surface area contributed by atoms with Gasteiger partial charge in [-0.05, 0) is 240 Å². The van der Waals surface area contributed by atoms with Gasteiger partial charge in [-0.1, -0.05) is 191 Å². The van der Waals surface area contributed by atoms with Crippen LogP contribution in [-0.2, 0) is 25.5 Å². The van der Waals surface area contributed by atoms with Crippen molar-refractivity contribution in [2.75, 3.05) is 6.61 Å². The van der Waals surface area contributed by atoms with E-state index in [9.17, 15) is 65.1 Å². The summed E-state index contributed by atoms with van der Waals surface area (Å²) in [6.45, 7) is 31.5. The van der Waals surface area contributed by atoms with Gasteiger partial charge in [-0.25, -0.2) is 0 Å². The van der Waals surface area contributed by atoms with E-state index in [0.29, 0.717) is 93.3 Å². The molecule has 4 saturated carbocycles. The molecule has 0 amide bonds. The van der Waals surface area contributed by atoms with Crippen molar-refractivity contribution in [1.82, 2.24) is 0 Å². The van der Waals surface area contributed by atoms with Crippen molar-refractivity contribution in [3.8, 4) is 39.9 Å². The van der Waals surface area contributed by atoms with Crippen molar-refractivity contribution in [3.63, 3.8) is 0 Å². The molecule has 5 aromatic rings. The standard InChI is InChI=1S/C39H46O7.C27H44O8.C21H16O.C13H18Cl2O/c1-21(2)11-10-16-37(9)17-15-26-31(41)30-32(42)28-19-25-20-29-36(7,8)46-38(35(25)43,18-14-23(5)24(6)40)39(28,29)45-34(30)27(33(26)44-37)13-12-22(3)4;1-14(2)6-7-20(31)25(5,33)19-8-9-26(34)15-10-21(32)27(35)13-17(29)16(28)11-24(27,4)22(15)18(30)12-23(19,26)3;1-14-10-11-18-16-7-3-4-8-17(16)20(19(18)12-14)13-15-6-2-5-9-21(15)22;1-2-3-4-5-6-10-16-12-9-7-8-11(14)13(12)15/h11-12,14-15,17,19,25,29,41H,10,13,16,18,20H2,1-9H3;10,14,16-20,22,28-31,33-35H,6-9,11-13H2,1-5H3;2-13,22H,1H3;7-9H,2-6,10H2,1H3/b23-14-;;;/t25-,29+,37-,38+,39-;16-,17+,18+,19-,20+,22+,23+,24+,25+,26+,27+;;/m10../s1. The van der Waals surface area contributed by atoms with Gasteiger partial charge in [-0.3, -0.25) is 19.2 Å². The fourth-order valence-corrected chi connectivity index (χ4v) is 21.6. The Bertz CT molecular complexity index is 4990. The van der Waals surface area contributed by atoms with Crippen LogP contribution in [0.15, 0.2) is 149 Å². The lowest BCUT2D eigenvalue weighted by Gasteiger charge is -2.64. The average molecular weight is 1670 g/mol. The summed E-state index contributed by atoms with van der Waals surface area (Å²) in [6.07, 6.45) is 20.4. The quantitative estimate of drug-likeness (QED) is 0.0184. The maximum absolute atomic E-state index is 14.8. The fraction of sp³-hybridized carbons (Fsp3) is 0.520. The zero-order valence-electron chi connectivity index (χ0n) is 72.2. The van der Waals surface area contributed by atoms with Gasteiger partial charge in [0, 0.05) is 58.1 Å². The lowest BCUT2D eigenvalue weighted by molar-refractivity contribution is -0.228. The number of rotatable bonds is 21. The molecular weight excluding hydrogens is 1540 g/mol. The van der Waals surface area contributed by atoms with Crippen LogP contribution in [0.3, 0.4) is 0 Å². The molecule has 1 spiro atoms. The van der Waals surface area contributed by atoms with Crippen molar-refractivity contribution in [2.45, 2.75) is 284 Å². The fourth-order valence-electron chi connectivity index (χ4n) is 21.3. The smallest absolute Gasteiger partial charge is 0.200 e. The van der Waals surface area contributed by atoms with Crippen molar-refractivity contribution < 1.29 is 84.1 Å². The number of carbonyl (C=O) groups is 4. The van der Waals surface area contributed by atoms with Gasteiger partial charge in [0.1, 0.15) is 50.5 Å². The lowest BCUT2D eigenvalue weighted by Crippen LogP contribution is -2.72. The van der Waals surface area contributed by atoms with Crippen LogP contribution in [-0.4, -0.2) is 139 Å². The number of unbranched alkanes of at least 4 members (excludes halogenated alkanes) is 4. The highest BCUT2D eigenvalue weighted by molar-refractivity contribution is 6.43. The van der Waals surface area contributed by atoms with Gasteiger partial charge < -0.3 is 64.9 Å². The molecule has 16 rings (SSSR count). The average Bonchev–Trinajstić information content (AvgIpc) is 1.54. The number of benzene rings is 5. The van der Waals surface area contributed by atoms with E-state index in [1.807, 2.05) is 97.9 Å². The highest BCUT2D eigenvalue weighted by Crippen LogP contribution is 2.71. The van der Waals surface area contributed by atoms with Crippen LogP contribution in [0, 0.1) is 47.3 Å². The molecule has 5 fully saturated rings. The van der Waals surface area contributed by atoms with Gasteiger partial charge in [-0.15, -0.1) is 0 Å². The minimum absolute atomic E-state index is 0.0928. The number of aliphatic hydroxyl groups excluding tert-OH is 4. The zero-order chi connectivity index (χ0) is 86.8. The molecule has 4 bridgehead atoms. The Morgan fingerprint density at radius 2 is 1.41 bits per heavy atom. The molecule has 17 nitrogen and oxygen atoms in total. The summed E-state index contributed by atoms with van der Waals surface area (Å²) < 4.78 is 26.3. The van der Waals surface area contributed by atoms with Crippen LogP contribution in [0.25, 0.3) is 28.9 Å². The molecule has 0 radical (unpaired) electrons. The molecular formula is C100H124Cl2O17. The Balaban J connectivity index is 0.000000156. The number of phenols is 2. The third-order valence-electron chi connectivity index (χ3n) is 28.0. The second-order valence-electron chi connectivity index (χ2n) is 37.7. The van der Waals surface area contributed by atoms with Crippen LogP contribution < -0.4 is 14.2 Å². The van der Waals surface area contributed by atoms with E-state index in [1.54, 1.807) is 45.1 Å². The molecule has 0 aromatic heterocycles. The molecule has 11 aliphatic rings. The van der Waals surface area contributed by atoms with Crippen LogP contribution in [0.1, 0.15) is 250 Å². The van der Waals surface area contributed by atoms with Gasteiger partial charge in [0.05, 0.1) is 58.4 Å². The number of Topliss-reactive ketones (excluding diaryl/α,β-unsaturated/α-hetero) is 3. The van der Waals surface area contributed by atoms with E-state index < -0.39 is 98.0 Å². The Hall–Kier alpha value is -7.78. The topological polar surface area (TPSA) is 287 Å². The summed E-state index contributed by atoms with van der Waals surface area (Å²) in [6, 6.07) is 27.9. The summed E-state index contributed by atoms with van der Waals surface area (Å²) >= 11 is 11.9. The van der Waals surface area contributed by atoms with E-state index in [0.717, 1.165) is 36.8 Å². The first-order valence-corrected chi connectivity index (χ1v) is 43.6. The molecule has 0 unspecified atom stereocenters. The number of hydrogen-bond donors (Lipinski definition) is 9. The van der Waals surface area contributed by atoms with Gasteiger partial charge >= 0.3 is 0 Å². The number of ketones is 4. The second-order valence-corrected chi connectivity index (χ2v) is 38.4. The van der Waals surface area contributed by atoms with Crippen LogP contribution in [0.4, 0.5) is 0 Å². The summed E-state index contributed by atoms with van der Waals surface area (Å²) in [7, 11) is 0. The Morgan fingerprint density at radius 3 is 2.09 bits per heavy atom. The number of carbonyl (C=O) groups excluding carboxylic acids is 4. The summed E-state index contributed by atoms with van der Waals surface area (Å²) in [4.78, 5) is 54.7. The van der Waals surface area contributed by atoms with E-state index in [1.165, 1.54) is 77.6 Å². The van der Waals surface area contributed by atoms with Crippen molar-refractivity contribution in [1.29, 1.82) is 0 Å². The number of aryl methyl sites for hydroxylation is 1. The van der Waals surface area contributed by atoms with Crippen molar-refractivity contribution >= 4 is 64.1 Å². The van der Waals surface area contributed by atoms with Gasteiger partial charge in [0.2, 0.25) is 0 Å². The number of phenolic OH excluding ortho intramolecular Hbond substituents is 2. The predicted molar refractivity (Wildman–Crippen MR) is 468 cm³/mol. The van der Waals surface area contributed by atoms with E-state index in [4.69, 9.17) is 42.1 Å². The van der Waals surface area contributed by atoms with E-state index >= 15 is 0 Å². The SMILES string of the molecule is CC(=O)/C(C)=C\C[C@@]12OC(C)(C)[C@@H]3C[C@@H](C=C4C(=O)c5c(O)c6c(c(CC=C(C)C)c5O[C@]431)O[C@](C)(CCC=C(C)C)C=C6)C2=O.CC(C)CC[C@@H](O)[C@](C)(O)[C@H]1CC[C@@]2(O)C3=CC(=O)[C@]4(O)C[C@@H](O)[C@@H](O)C[C@]4(C)[C@H]3[C@H](O)C[C@]12C.CCCCCCCOc1cccc(Cl)c1Cl.Cc1ccc2c(c1)C(=Cc1ccccc1O)c1ccccc1-2. The largest absolute Gasteiger partial charge is 0.507 e. The van der Waals surface area contributed by atoms with Crippen molar-refractivity contribution in [2.24, 2.45) is 40.4 Å². The molecule has 119 heavy (non-hydrogen) atoms. The van der Waals surface area contributed by atoms with Crippen molar-refractivity contribution in [3.05, 3.63) is 198 Å². The van der Waals surface area contributed by atoms with Crippen LogP contribution >= 0.6 is 23.2 Å². The molecule has 1 saturated heterocycles. The number of para-hydroxylation sites is 1. The normalized spacial score (nSPS) is 30.8. The van der Waals surface area contributed by atoms with Gasteiger partial charge in [0.15, 0.2) is 34.3 Å². The number of halogens is 2. The molecule has 3 heterocycles. The zero-order valence-corrected chi connectivity index (χ0v) is 73.7. The van der Waals surface area contributed by atoms with Gasteiger partial charge in [0.25, 0.3) is 0 Å². The first-order chi connectivity index (χ1) is 55.9. The Kier molecular flexibility index (Phi) is 26.2. The first-order valence-electron chi connectivity index (χ1n) is 42.8. The van der Waals surface area contributed by atoms with E-state index in [-0.39, 0.29) is 72.4 Å². The van der Waals surface area contributed by atoms with Crippen LogP contribution in [0.5, 0.6) is 28.7 Å². The Labute approximate surface area is 712 Å². The molecule has 9 N–H and O–H groups in total. The monoisotopic (exact) mass is 1670 g/mol. The third kappa shape index (κ3) is 16.2. The minimum atomic E-state index is -1.97. The van der Waals surface area contributed by atoms with Crippen LogP contribution in [0.2, 0.25) is 10.0 Å². The van der Waals surface area contributed by atoms with Gasteiger partial charge in [-0.2, -0.15) is 0 Å². The predicted octanol–water partition coefficient (Wildman–Crippen LogP) is 19.2. The molecule has 19 heteroatoms. The maximum atomic E-state index is 14.8. The third-order valence-corrected chi connectivity index (χ3v) is 28.8. The number of aromatic hydroxyl groups is 2. The summed E-state index contributed by atoms with van der Waals surface area (Å²) in [5, 5.41) is 101. The molecule has 5 aromatic carbocycles. The maximum Gasteiger partial charge on any atom is 0.200 e. The summed E-state index contributed by atoms with van der Waals surface area (Å²) in [5.41, 5.74) is 1.23. The lowest BCUT2D eigenvalue weighted by atomic mass is 9.43. The molecule has 16 atom stereocenters. The number of allylic oxidation sites excluding steroid dienone is 6. The first kappa shape index (κ1) is 90.5. The minimum Gasteiger partial charge on any atom is -0.507 e. The molecule has 8 aliphatic carbocycles. The van der Waals surface area contributed by atoms with E-state index in [2.05, 4.69) is 88.4 Å². The molecule has 3 aliphatic heterocycles. The highest BCUT2D eigenvalue weighted by Gasteiger charge is 2.82. The molecule has 640 valence electrons. The summed E-state index contributed by atoms with van der Waals surface area (Å²) in [5.74, 6) is -1.54. The Morgan fingerprint density at radius 1 is 0.748 bits per heavy atom. The second kappa shape index (κ2) is 34.5.